The Kier molecular flexibility index (Phi) is 3.51. The Balaban J connectivity index is 2.23. The van der Waals surface area contributed by atoms with E-state index in [1.807, 2.05) is 0 Å². The molecule has 1 unspecified atom stereocenters. The number of halogens is 2. The van der Waals surface area contributed by atoms with Crippen molar-refractivity contribution in [1.82, 2.24) is 0 Å². The van der Waals surface area contributed by atoms with Gasteiger partial charge in [-0.2, -0.15) is 11.8 Å². The summed E-state index contributed by atoms with van der Waals surface area (Å²) in [5.41, 5.74) is -0.617. The molecule has 3 nitrogen and oxygen atoms in total. The number of thioether (sulfide) groups is 1. The van der Waals surface area contributed by atoms with E-state index in [2.05, 4.69) is 5.32 Å². The van der Waals surface area contributed by atoms with Gasteiger partial charge in [-0.1, -0.05) is 0 Å². The molecule has 0 aromatic heterocycles. The van der Waals surface area contributed by atoms with Crippen molar-refractivity contribution in [3.05, 3.63) is 29.3 Å². The number of nitrogens with one attached hydrogen (secondary N) is 1. The summed E-state index contributed by atoms with van der Waals surface area (Å²) in [6.45, 7) is 0. The van der Waals surface area contributed by atoms with E-state index in [1.165, 1.54) is 6.07 Å². The van der Waals surface area contributed by atoms with Gasteiger partial charge in [-0.05, 0) is 24.3 Å². The number of hydrogen-bond acceptors (Lipinski definition) is 3. The summed E-state index contributed by atoms with van der Waals surface area (Å²) in [6, 6.07) is 2.46. The van der Waals surface area contributed by atoms with Crippen LogP contribution in [0.3, 0.4) is 0 Å². The zero-order chi connectivity index (χ0) is 12.4. The number of carboxylic acids is 1. The summed E-state index contributed by atoms with van der Waals surface area (Å²) in [7, 11) is 0. The van der Waals surface area contributed by atoms with Gasteiger partial charge in [-0.15, -0.1) is 0 Å². The minimum absolute atomic E-state index is 0.0278. The lowest BCUT2D eigenvalue weighted by atomic mass is 10.1. The maximum absolute atomic E-state index is 13.6. The largest absolute Gasteiger partial charge is 0.478 e. The summed E-state index contributed by atoms with van der Waals surface area (Å²) in [5, 5.41) is 11.5. The van der Waals surface area contributed by atoms with Crippen molar-refractivity contribution in [2.24, 2.45) is 0 Å². The fourth-order valence-corrected chi connectivity index (χ4v) is 2.85. The normalized spacial score (nSPS) is 19.3. The van der Waals surface area contributed by atoms with E-state index in [0.717, 1.165) is 24.0 Å². The van der Waals surface area contributed by atoms with Gasteiger partial charge >= 0.3 is 5.97 Å². The Morgan fingerprint density at radius 1 is 1.41 bits per heavy atom. The first-order valence-corrected chi connectivity index (χ1v) is 6.30. The van der Waals surface area contributed by atoms with Gasteiger partial charge in [0.05, 0.1) is 11.3 Å². The molecule has 0 bridgehead atoms. The zero-order valence-electron chi connectivity index (χ0n) is 8.87. The molecular formula is C11H11F2NO2S. The molecule has 0 amide bonds. The number of benzene rings is 1. The minimum atomic E-state index is -1.47. The van der Waals surface area contributed by atoms with Crippen LogP contribution < -0.4 is 5.32 Å². The van der Waals surface area contributed by atoms with Gasteiger partial charge in [0.25, 0.3) is 0 Å². The maximum atomic E-state index is 13.6. The molecule has 2 N–H and O–H groups in total. The molecule has 1 atom stereocenters. The average molecular weight is 259 g/mol. The fraction of sp³-hybridized carbons (Fsp3) is 0.364. The third kappa shape index (κ3) is 2.52. The number of rotatable bonds is 3. The van der Waals surface area contributed by atoms with Crippen molar-refractivity contribution in [1.29, 1.82) is 0 Å². The van der Waals surface area contributed by atoms with E-state index >= 15 is 0 Å². The van der Waals surface area contributed by atoms with E-state index in [1.54, 1.807) is 11.8 Å². The topological polar surface area (TPSA) is 49.3 Å². The van der Waals surface area contributed by atoms with Crippen molar-refractivity contribution in [3.8, 4) is 0 Å². The van der Waals surface area contributed by atoms with Crippen molar-refractivity contribution in [2.75, 3.05) is 16.8 Å². The monoisotopic (exact) mass is 259 g/mol. The van der Waals surface area contributed by atoms with Gasteiger partial charge in [0.15, 0.2) is 11.6 Å². The second kappa shape index (κ2) is 4.91. The Labute approximate surface area is 101 Å². The molecule has 0 spiro atoms. The van der Waals surface area contributed by atoms with Crippen LogP contribution in [0.25, 0.3) is 0 Å². The maximum Gasteiger partial charge on any atom is 0.338 e. The third-order valence-electron chi connectivity index (χ3n) is 2.60. The van der Waals surface area contributed by atoms with Gasteiger partial charge < -0.3 is 10.4 Å². The standard InChI is InChI=1S/C11H11F2NO2S/c12-9-7(11(15)16)1-2-8(10(9)13)14-6-3-4-17-5-6/h1-2,6,14H,3-5H2,(H,15,16). The van der Waals surface area contributed by atoms with Crippen LogP contribution in [0.15, 0.2) is 12.1 Å². The average Bonchev–Trinajstić information content (AvgIpc) is 2.77. The quantitative estimate of drug-likeness (QED) is 0.876. The Bertz CT molecular complexity index is 447. The molecule has 0 saturated carbocycles. The van der Waals surface area contributed by atoms with Crippen molar-refractivity contribution in [2.45, 2.75) is 12.5 Å². The van der Waals surface area contributed by atoms with Crippen LogP contribution in [0.2, 0.25) is 0 Å². The molecule has 2 rings (SSSR count). The van der Waals surface area contributed by atoms with Gasteiger partial charge in [0.1, 0.15) is 0 Å². The van der Waals surface area contributed by atoms with Crippen LogP contribution in [0.4, 0.5) is 14.5 Å². The predicted octanol–water partition coefficient (Wildman–Crippen LogP) is 2.58. The Morgan fingerprint density at radius 3 is 2.76 bits per heavy atom. The van der Waals surface area contributed by atoms with Gasteiger partial charge in [-0.25, -0.2) is 13.6 Å². The van der Waals surface area contributed by atoms with E-state index in [9.17, 15) is 13.6 Å². The molecule has 1 fully saturated rings. The first kappa shape index (κ1) is 12.2. The molecule has 1 aromatic rings. The van der Waals surface area contributed by atoms with Gasteiger partial charge in [0, 0.05) is 11.8 Å². The van der Waals surface area contributed by atoms with Crippen LogP contribution in [-0.4, -0.2) is 28.6 Å². The predicted molar refractivity (Wildman–Crippen MR) is 62.7 cm³/mol. The lowest BCUT2D eigenvalue weighted by Gasteiger charge is -2.14. The number of hydrogen-bond donors (Lipinski definition) is 2. The lowest BCUT2D eigenvalue weighted by molar-refractivity contribution is 0.0690. The second-order valence-electron chi connectivity index (χ2n) is 3.80. The molecule has 1 aliphatic heterocycles. The molecule has 17 heavy (non-hydrogen) atoms. The van der Waals surface area contributed by atoms with E-state index < -0.39 is 23.2 Å². The molecule has 0 aliphatic carbocycles. The van der Waals surface area contributed by atoms with E-state index in [-0.39, 0.29) is 11.7 Å². The van der Waals surface area contributed by atoms with Crippen LogP contribution in [0, 0.1) is 11.6 Å². The van der Waals surface area contributed by atoms with Crippen LogP contribution >= 0.6 is 11.8 Å². The molecule has 0 radical (unpaired) electrons. The smallest absolute Gasteiger partial charge is 0.338 e. The highest BCUT2D eigenvalue weighted by molar-refractivity contribution is 7.99. The number of carbonyl (C=O) groups is 1. The van der Waals surface area contributed by atoms with Crippen molar-refractivity contribution < 1.29 is 18.7 Å². The van der Waals surface area contributed by atoms with Gasteiger partial charge in [0.2, 0.25) is 0 Å². The number of carboxylic acid groups (broad SMARTS) is 1. The lowest BCUT2D eigenvalue weighted by Crippen LogP contribution is -2.19. The molecule has 92 valence electrons. The van der Waals surface area contributed by atoms with Gasteiger partial charge in [-0.3, -0.25) is 0 Å². The fourth-order valence-electron chi connectivity index (χ4n) is 1.69. The molecular weight excluding hydrogens is 248 g/mol. The van der Waals surface area contributed by atoms with E-state index in [0.29, 0.717) is 0 Å². The summed E-state index contributed by atoms with van der Waals surface area (Å²) in [5.74, 6) is -2.06. The summed E-state index contributed by atoms with van der Waals surface area (Å²) in [4.78, 5) is 10.6. The van der Waals surface area contributed by atoms with E-state index in [4.69, 9.17) is 5.11 Å². The highest BCUT2D eigenvalue weighted by Crippen LogP contribution is 2.25. The first-order chi connectivity index (χ1) is 8.09. The Morgan fingerprint density at radius 2 is 2.18 bits per heavy atom. The van der Waals surface area contributed by atoms with Crippen molar-refractivity contribution >= 4 is 23.4 Å². The summed E-state index contributed by atoms with van der Waals surface area (Å²) < 4.78 is 27.0. The molecule has 1 aliphatic rings. The second-order valence-corrected chi connectivity index (χ2v) is 4.95. The van der Waals surface area contributed by atoms with Crippen LogP contribution in [-0.2, 0) is 0 Å². The third-order valence-corrected chi connectivity index (χ3v) is 3.76. The minimum Gasteiger partial charge on any atom is -0.478 e. The Hall–Kier alpha value is -1.30. The van der Waals surface area contributed by atoms with Crippen LogP contribution in [0.1, 0.15) is 16.8 Å². The zero-order valence-corrected chi connectivity index (χ0v) is 9.69. The summed E-state index contributed by atoms with van der Waals surface area (Å²) in [6.07, 6.45) is 0.895. The molecule has 1 heterocycles. The molecule has 1 aromatic carbocycles. The van der Waals surface area contributed by atoms with Crippen molar-refractivity contribution in [3.63, 3.8) is 0 Å². The first-order valence-electron chi connectivity index (χ1n) is 5.15. The van der Waals surface area contributed by atoms with Crippen LogP contribution in [0.5, 0.6) is 0 Å². The highest BCUT2D eigenvalue weighted by atomic mass is 32.2. The molecule has 6 heteroatoms. The SMILES string of the molecule is O=C(O)c1ccc(NC2CCSC2)c(F)c1F. The number of aromatic carboxylic acids is 1. The summed E-state index contributed by atoms with van der Waals surface area (Å²) >= 11 is 1.75. The molecule has 1 saturated heterocycles. The number of anilines is 1. The highest BCUT2D eigenvalue weighted by Gasteiger charge is 2.21.